The van der Waals surface area contributed by atoms with E-state index < -0.39 is 68.0 Å². The third-order valence-corrected chi connectivity index (χ3v) is 8.70. The fraction of sp³-hybridized carbons (Fsp3) is 0.467. The standard InChI is InChI=1S/C30H33N3O11/c1-12-21(34)23(36)25(38)29(42-12)41-11-19-22(35)24(37)26(39)30(44-19)43-13-6-7-14-15-8-9-33-27(20(15)31-18(14)10-13)32-17-5-3-2-4-16(17)28(33)40/h2-7,10,12,19,21-26,29-31,34-39H,8-9,11H2,1H3/t12-,19+,21-,22-,23+,24-,25+,26+,29+,30+/m0/s1. The summed E-state index contributed by atoms with van der Waals surface area (Å²) in [6.45, 7) is 1.59. The topological polar surface area (TPSA) is 209 Å². The second-order valence-corrected chi connectivity index (χ2v) is 11.5. The van der Waals surface area contributed by atoms with Crippen LogP contribution in [0.3, 0.4) is 0 Å². The van der Waals surface area contributed by atoms with Gasteiger partial charge in [-0.2, -0.15) is 0 Å². The maximum absolute atomic E-state index is 13.1. The van der Waals surface area contributed by atoms with E-state index in [1.807, 2.05) is 18.2 Å². The van der Waals surface area contributed by atoms with Crippen LogP contribution in [0.2, 0.25) is 0 Å². The van der Waals surface area contributed by atoms with Crippen molar-refractivity contribution in [3.63, 3.8) is 0 Å². The van der Waals surface area contributed by atoms with Crippen molar-refractivity contribution >= 4 is 21.8 Å². The molecule has 0 unspecified atom stereocenters. The lowest BCUT2D eigenvalue weighted by Gasteiger charge is -2.42. The molecule has 3 aliphatic rings. The van der Waals surface area contributed by atoms with Gasteiger partial charge >= 0.3 is 0 Å². The van der Waals surface area contributed by atoms with Crippen LogP contribution < -0.4 is 10.3 Å². The van der Waals surface area contributed by atoms with Gasteiger partial charge in [-0.1, -0.05) is 12.1 Å². The fourth-order valence-electron chi connectivity index (χ4n) is 6.17. The van der Waals surface area contributed by atoms with Gasteiger partial charge in [0.05, 0.1) is 29.3 Å². The van der Waals surface area contributed by atoms with Crippen molar-refractivity contribution in [2.75, 3.05) is 6.61 Å². The van der Waals surface area contributed by atoms with E-state index in [9.17, 15) is 35.4 Å². The first-order valence-electron chi connectivity index (χ1n) is 14.4. The minimum atomic E-state index is -1.65. The van der Waals surface area contributed by atoms with Gasteiger partial charge in [0.25, 0.3) is 5.56 Å². The summed E-state index contributed by atoms with van der Waals surface area (Å²) in [6, 6.07) is 12.5. The molecule has 14 nitrogen and oxygen atoms in total. The molecular weight excluding hydrogens is 578 g/mol. The van der Waals surface area contributed by atoms with Crippen molar-refractivity contribution in [2.24, 2.45) is 0 Å². The number of aromatic amines is 1. The number of ether oxygens (including phenoxy) is 4. The molecule has 234 valence electrons. The largest absolute Gasteiger partial charge is 0.462 e. The number of hydrogen-bond acceptors (Lipinski definition) is 12. The van der Waals surface area contributed by atoms with Crippen LogP contribution in [0.15, 0.2) is 47.3 Å². The van der Waals surface area contributed by atoms with Crippen LogP contribution in [0.5, 0.6) is 5.75 Å². The number of para-hydroxylation sites is 1. The second-order valence-electron chi connectivity index (χ2n) is 11.5. The third kappa shape index (κ3) is 4.79. The molecular formula is C30H33N3O11. The molecule has 3 aliphatic heterocycles. The van der Waals surface area contributed by atoms with Gasteiger partial charge in [-0.3, -0.25) is 9.36 Å². The number of hydrogen-bond donors (Lipinski definition) is 7. The lowest BCUT2D eigenvalue weighted by Crippen LogP contribution is -2.61. The van der Waals surface area contributed by atoms with Crippen molar-refractivity contribution in [3.8, 4) is 17.3 Å². The highest BCUT2D eigenvalue weighted by molar-refractivity contribution is 5.92. The molecule has 2 fully saturated rings. The molecule has 0 radical (unpaired) electrons. The van der Waals surface area contributed by atoms with Crippen LogP contribution in [-0.4, -0.2) is 113 Å². The van der Waals surface area contributed by atoms with Gasteiger partial charge in [-0.25, -0.2) is 4.98 Å². The maximum atomic E-state index is 13.1. The fourth-order valence-corrected chi connectivity index (χ4v) is 6.17. The summed E-state index contributed by atoms with van der Waals surface area (Å²) in [5, 5.41) is 63.3. The van der Waals surface area contributed by atoms with Crippen LogP contribution in [0.25, 0.3) is 33.3 Å². The first-order valence-corrected chi connectivity index (χ1v) is 14.4. The lowest BCUT2D eigenvalue weighted by molar-refractivity contribution is -0.318. The van der Waals surface area contributed by atoms with E-state index in [0.717, 1.165) is 16.6 Å². The number of H-pyrrole nitrogens is 1. The second kappa shape index (κ2) is 11.2. The summed E-state index contributed by atoms with van der Waals surface area (Å²) >= 11 is 0. The Hall–Kier alpha value is -3.44. The zero-order valence-corrected chi connectivity index (χ0v) is 23.6. The molecule has 5 heterocycles. The Balaban J connectivity index is 1.11. The monoisotopic (exact) mass is 611 g/mol. The molecule has 0 saturated carbocycles. The number of nitrogens with zero attached hydrogens (tertiary/aromatic N) is 2. The van der Waals surface area contributed by atoms with Gasteiger partial charge in [0.15, 0.2) is 12.1 Å². The normalized spacial score (nSPS) is 33.7. The van der Waals surface area contributed by atoms with Crippen molar-refractivity contribution in [1.29, 1.82) is 0 Å². The Morgan fingerprint density at radius 1 is 0.909 bits per heavy atom. The number of benzene rings is 2. The Morgan fingerprint density at radius 2 is 1.66 bits per heavy atom. The average molecular weight is 612 g/mol. The highest BCUT2D eigenvalue weighted by Crippen LogP contribution is 2.36. The zero-order chi connectivity index (χ0) is 30.9. The first-order chi connectivity index (χ1) is 21.1. The molecule has 4 aromatic rings. The molecule has 10 atom stereocenters. The minimum absolute atomic E-state index is 0.102. The van der Waals surface area contributed by atoms with E-state index in [0.29, 0.717) is 41.0 Å². The van der Waals surface area contributed by atoms with Gasteiger partial charge in [-0.15, -0.1) is 0 Å². The lowest BCUT2D eigenvalue weighted by atomic mass is 9.98. The van der Waals surface area contributed by atoms with Gasteiger partial charge in [0.2, 0.25) is 6.29 Å². The smallest absolute Gasteiger partial charge is 0.261 e. The Kier molecular flexibility index (Phi) is 7.43. The van der Waals surface area contributed by atoms with E-state index in [-0.39, 0.29) is 5.56 Å². The van der Waals surface area contributed by atoms with Gasteiger partial charge in [0, 0.05) is 23.5 Å². The zero-order valence-electron chi connectivity index (χ0n) is 23.6. The molecule has 0 amide bonds. The van der Waals surface area contributed by atoms with Crippen molar-refractivity contribution in [3.05, 3.63) is 58.4 Å². The number of fused-ring (bicyclic) bond motifs is 6. The number of aliphatic hydroxyl groups is 6. The first kappa shape index (κ1) is 29.3. The predicted octanol–water partition coefficient (Wildman–Crippen LogP) is -0.869. The van der Waals surface area contributed by atoms with E-state index in [1.165, 1.54) is 6.92 Å². The SMILES string of the molecule is C[C@@H]1O[C@@H](OC[C@H]2O[C@@H](Oc3ccc4c5c([nH]c4c3)-c3nc4ccccc4c(=O)n3CC5)[C@H](O)[C@@H](O)[C@H]2O)[C@H](O)[C@H](O)[C@H]1O. The molecule has 0 spiro atoms. The molecule has 0 bridgehead atoms. The van der Waals surface area contributed by atoms with Crippen molar-refractivity contribution < 1.29 is 49.6 Å². The Bertz CT molecular complexity index is 1760. The van der Waals surface area contributed by atoms with E-state index >= 15 is 0 Å². The van der Waals surface area contributed by atoms with Crippen LogP contribution in [0, 0.1) is 0 Å². The summed E-state index contributed by atoms with van der Waals surface area (Å²) in [5.74, 6) is 0.840. The quantitative estimate of drug-likeness (QED) is 0.147. The van der Waals surface area contributed by atoms with Crippen LogP contribution in [-0.2, 0) is 27.2 Å². The molecule has 44 heavy (non-hydrogen) atoms. The molecule has 14 heteroatoms. The summed E-state index contributed by atoms with van der Waals surface area (Å²) in [6.07, 6.45) is -13.4. The van der Waals surface area contributed by atoms with Gasteiger partial charge < -0.3 is 54.6 Å². The van der Waals surface area contributed by atoms with E-state index in [1.54, 1.807) is 28.8 Å². The van der Waals surface area contributed by atoms with Crippen LogP contribution in [0.4, 0.5) is 0 Å². The van der Waals surface area contributed by atoms with Crippen molar-refractivity contribution in [2.45, 2.75) is 81.3 Å². The highest BCUT2D eigenvalue weighted by atomic mass is 16.7. The summed E-state index contributed by atoms with van der Waals surface area (Å²) in [7, 11) is 0. The average Bonchev–Trinajstić information content (AvgIpc) is 3.40. The number of aliphatic hydroxyl groups excluding tert-OH is 6. The molecule has 2 aromatic heterocycles. The number of rotatable bonds is 5. The maximum Gasteiger partial charge on any atom is 0.261 e. The van der Waals surface area contributed by atoms with Gasteiger partial charge in [-0.05, 0) is 43.2 Å². The Labute approximate surface area is 249 Å². The van der Waals surface area contributed by atoms with E-state index in [4.69, 9.17) is 23.9 Å². The Morgan fingerprint density at radius 3 is 2.48 bits per heavy atom. The minimum Gasteiger partial charge on any atom is -0.462 e. The van der Waals surface area contributed by atoms with Crippen molar-refractivity contribution in [1.82, 2.24) is 14.5 Å². The number of aromatic nitrogens is 3. The highest BCUT2D eigenvalue weighted by Gasteiger charge is 2.47. The summed E-state index contributed by atoms with van der Waals surface area (Å²) < 4.78 is 24.3. The summed E-state index contributed by atoms with van der Waals surface area (Å²) in [4.78, 5) is 21.3. The number of nitrogens with one attached hydrogen (secondary N) is 1. The molecule has 2 saturated heterocycles. The molecule has 7 N–H and O–H groups in total. The number of aryl methyl sites for hydroxylation is 1. The third-order valence-electron chi connectivity index (χ3n) is 8.70. The molecule has 0 aliphatic carbocycles. The molecule has 2 aromatic carbocycles. The van der Waals surface area contributed by atoms with Gasteiger partial charge in [0.1, 0.15) is 48.5 Å². The van der Waals surface area contributed by atoms with E-state index in [2.05, 4.69) is 4.98 Å². The van der Waals surface area contributed by atoms with Crippen LogP contribution >= 0.6 is 0 Å². The molecule has 7 rings (SSSR count). The summed E-state index contributed by atoms with van der Waals surface area (Å²) in [5.41, 5.74) is 2.95. The van der Waals surface area contributed by atoms with Crippen LogP contribution in [0.1, 0.15) is 12.5 Å². The predicted molar refractivity (Wildman–Crippen MR) is 153 cm³/mol.